The van der Waals surface area contributed by atoms with Crippen molar-refractivity contribution in [1.29, 1.82) is 0 Å². The van der Waals surface area contributed by atoms with Crippen molar-refractivity contribution in [2.45, 2.75) is 57.8 Å². The standard InChI is InChI=1S/C21H30N2O2/c1-17-8-10-18(11-9-17)19(21(25)23-14-6-3-7-15-23)16-20(24)22-12-4-2-5-13-22/h8-11,19H,2-7,12-16H2,1H3. The minimum absolute atomic E-state index is 0.133. The molecule has 1 aromatic carbocycles. The molecule has 2 aliphatic heterocycles. The number of nitrogens with zero attached hydrogens (tertiary/aromatic N) is 2. The Labute approximate surface area is 151 Å². The lowest BCUT2D eigenvalue weighted by molar-refractivity contribution is -0.139. The monoisotopic (exact) mass is 342 g/mol. The molecule has 0 N–H and O–H groups in total. The van der Waals surface area contributed by atoms with Gasteiger partial charge in [0.05, 0.1) is 5.92 Å². The van der Waals surface area contributed by atoms with Gasteiger partial charge in [0, 0.05) is 32.6 Å². The van der Waals surface area contributed by atoms with Gasteiger partial charge in [0.2, 0.25) is 11.8 Å². The zero-order chi connectivity index (χ0) is 17.6. The van der Waals surface area contributed by atoms with E-state index in [1.807, 2.05) is 41.0 Å². The highest BCUT2D eigenvalue weighted by molar-refractivity contribution is 5.90. The topological polar surface area (TPSA) is 40.6 Å². The zero-order valence-electron chi connectivity index (χ0n) is 15.4. The van der Waals surface area contributed by atoms with Crippen molar-refractivity contribution >= 4 is 11.8 Å². The summed E-state index contributed by atoms with van der Waals surface area (Å²) >= 11 is 0. The summed E-state index contributed by atoms with van der Waals surface area (Å²) in [6.45, 7) is 5.40. The van der Waals surface area contributed by atoms with Crippen LogP contribution in [0, 0.1) is 6.92 Å². The number of amides is 2. The second kappa shape index (κ2) is 8.50. The van der Waals surface area contributed by atoms with Gasteiger partial charge in [-0.05, 0) is 51.0 Å². The number of aryl methyl sites for hydroxylation is 1. The lowest BCUT2D eigenvalue weighted by atomic mass is 9.91. The van der Waals surface area contributed by atoms with Crippen LogP contribution in [0.5, 0.6) is 0 Å². The summed E-state index contributed by atoms with van der Waals surface area (Å²) in [6, 6.07) is 8.12. The summed E-state index contributed by atoms with van der Waals surface area (Å²) in [5, 5.41) is 0. The Morgan fingerprint density at radius 2 is 1.36 bits per heavy atom. The maximum atomic E-state index is 13.2. The third-order valence-corrected chi connectivity index (χ3v) is 5.53. The molecule has 1 aromatic rings. The van der Waals surface area contributed by atoms with Crippen LogP contribution in [0.25, 0.3) is 0 Å². The number of carbonyl (C=O) groups is 2. The van der Waals surface area contributed by atoms with Crippen LogP contribution < -0.4 is 0 Å². The maximum Gasteiger partial charge on any atom is 0.230 e. The molecule has 0 aromatic heterocycles. The van der Waals surface area contributed by atoms with Gasteiger partial charge in [0.1, 0.15) is 0 Å². The van der Waals surface area contributed by atoms with Crippen molar-refractivity contribution in [1.82, 2.24) is 9.80 Å². The van der Waals surface area contributed by atoms with Crippen LogP contribution in [0.15, 0.2) is 24.3 Å². The number of rotatable bonds is 4. The number of piperidine rings is 2. The summed E-state index contributed by atoms with van der Waals surface area (Å²) < 4.78 is 0. The van der Waals surface area contributed by atoms with Crippen molar-refractivity contribution in [2.75, 3.05) is 26.2 Å². The van der Waals surface area contributed by atoms with E-state index in [-0.39, 0.29) is 17.7 Å². The molecule has 1 atom stereocenters. The fourth-order valence-corrected chi connectivity index (χ4v) is 3.93. The lowest BCUT2D eigenvalue weighted by Crippen LogP contribution is -2.42. The first-order valence-corrected chi connectivity index (χ1v) is 9.78. The molecule has 4 nitrogen and oxygen atoms in total. The van der Waals surface area contributed by atoms with E-state index in [1.54, 1.807) is 0 Å². The SMILES string of the molecule is Cc1ccc(C(CC(=O)N2CCCCC2)C(=O)N2CCCCC2)cc1. The molecule has 0 bridgehead atoms. The predicted molar refractivity (Wildman–Crippen MR) is 99.4 cm³/mol. The average Bonchev–Trinajstić information content (AvgIpc) is 2.67. The minimum atomic E-state index is -0.340. The molecule has 0 aliphatic carbocycles. The maximum absolute atomic E-state index is 13.2. The number of benzene rings is 1. The Morgan fingerprint density at radius 1 is 0.840 bits per heavy atom. The number of hydrogen-bond donors (Lipinski definition) is 0. The number of likely N-dealkylation sites (tertiary alicyclic amines) is 2. The summed E-state index contributed by atoms with van der Waals surface area (Å²) in [5.41, 5.74) is 2.15. The normalized spacial score (nSPS) is 19.6. The highest BCUT2D eigenvalue weighted by Crippen LogP contribution is 2.26. The van der Waals surface area contributed by atoms with Gasteiger partial charge in [0.15, 0.2) is 0 Å². The zero-order valence-corrected chi connectivity index (χ0v) is 15.4. The second-order valence-electron chi connectivity index (χ2n) is 7.49. The molecule has 2 aliphatic rings. The van der Waals surface area contributed by atoms with Crippen LogP contribution >= 0.6 is 0 Å². The van der Waals surface area contributed by atoms with E-state index in [2.05, 4.69) is 0 Å². The van der Waals surface area contributed by atoms with Gasteiger partial charge < -0.3 is 9.80 Å². The van der Waals surface area contributed by atoms with Crippen LogP contribution in [0.2, 0.25) is 0 Å². The largest absolute Gasteiger partial charge is 0.343 e. The molecule has 2 fully saturated rings. The van der Waals surface area contributed by atoms with E-state index in [0.29, 0.717) is 6.42 Å². The molecule has 25 heavy (non-hydrogen) atoms. The first-order chi connectivity index (χ1) is 12.1. The van der Waals surface area contributed by atoms with Crippen molar-refractivity contribution in [3.05, 3.63) is 35.4 Å². The highest BCUT2D eigenvalue weighted by Gasteiger charge is 2.30. The summed E-state index contributed by atoms with van der Waals surface area (Å²) in [4.78, 5) is 29.9. The van der Waals surface area contributed by atoms with E-state index in [1.165, 1.54) is 18.4 Å². The molecular formula is C21H30N2O2. The molecule has 4 heteroatoms. The molecule has 1 unspecified atom stereocenters. The van der Waals surface area contributed by atoms with Gasteiger partial charge in [0.25, 0.3) is 0 Å². The second-order valence-corrected chi connectivity index (χ2v) is 7.49. The van der Waals surface area contributed by atoms with Gasteiger partial charge in [-0.1, -0.05) is 29.8 Å². The minimum Gasteiger partial charge on any atom is -0.343 e. The summed E-state index contributed by atoms with van der Waals surface area (Å²) in [6.07, 6.45) is 7.03. The molecule has 0 saturated carbocycles. The van der Waals surface area contributed by atoms with Crippen molar-refractivity contribution in [3.8, 4) is 0 Å². The molecule has 2 saturated heterocycles. The Hall–Kier alpha value is -1.84. The molecule has 0 spiro atoms. The highest BCUT2D eigenvalue weighted by atomic mass is 16.2. The van der Waals surface area contributed by atoms with Gasteiger partial charge >= 0.3 is 0 Å². The van der Waals surface area contributed by atoms with Crippen LogP contribution in [0.1, 0.15) is 62.0 Å². The van der Waals surface area contributed by atoms with Crippen molar-refractivity contribution < 1.29 is 9.59 Å². The van der Waals surface area contributed by atoms with Gasteiger partial charge in [-0.2, -0.15) is 0 Å². The molecular weight excluding hydrogens is 312 g/mol. The number of hydrogen-bond acceptors (Lipinski definition) is 2. The average molecular weight is 342 g/mol. The van der Waals surface area contributed by atoms with E-state index < -0.39 is 0 Å². The van der Waals surface area contributed by atoms with E-state index in [0.717, 1.165) is 57.4 Å². The fourth-order valence-electron chi connectivity index (χ4n) is 3.93. The van der Waals surface area contributed by atoms with E-state index in [4.69, 9.17) is 0 Å². The molecule has 136 valence electrons. The third kappa shape index (κ3) is 4.62. The van der Waals surface area contributed by atoms with Crippen LogP contribution in [-0.4, -0.2) is 47.8 Å². The third-order valence-electron chi connectivity index (χ3n) is 5.53. The van der Waals surface area contributed by atoms with Gasteiger partial charge in [-0.3, -0.25) is 9.59 Å². The van der Waals surface area contributed by atoms with Crippen LogP contribution in [0.4, 0.5) is 0 Å². The van der Waals surface area contributed by atoms with Crippen molar-refractivity contribution in [2.24, 2.45) is 0 Å². The smallest absolute Gasteiger partial charge is 0.230 e. The molecule has 2 heterocycles. The molecule has 2 amide bonds. The Morgan fingerprint density at radius 3 is 1.92 bits per heavy atom. The molecule has 3 rings (SSSR count). The Balaban J connectivity index is 1.76. The Bertz CT molecular complexity index is 584. The van der Waals surface area contributed by atoms with Gasteiger partial charge in [-0.25, -0.2) is 0 Å². The van der Waals surface area contributed by atoms with E-state index in [9.17, 15) is 9.59 Å². The quantitative estimate of drug-likeness (QED) is 0.840. The van der Waals surface area contributed by atoms with E-state index >= 15 is 0 Å². The van der Waals surface area contributed by atoms with Crippen molar-refractivity contribution in [3.63, 3.8) is 0 Å². The molecule has 0 radical (unpaired) electrons. The summed E-state index contributed by atoms with van der Waals surface area (Å²) in [7, 11) is 0. The number of carbonyl (C=O) groups excluding carboxylic acids is 2. The first kappa shape index (κ1) is 18.0. The summed E-state index contributed by atoms with van der Waals surface area (Å²) in [5.74, 6) is -0.0716. The van der Waals surface area contributed by atoms with Crippen LogP contribution in [-0.2, 0) is 9.59 Å². The fraction of sp³-hybridized carbons (Fsp3) is 0.619. The predicted octanol–water partition coefficient (Wildman–Crippen LogP) is 3.49. The van der Waals surface area contributed by atoms with Gasteiger partial charge in [-0.15, -0.1) is 0 Å². The lowest BCUT2D eigenvalue weighted by Gasteiger charge is -2.32. The Kier molecular flexibility index (Phi) is 6.11. The van der Waals surface area contributed by atoms with Crippen LogP contribution in [0.3, 0.4) is 0 Å². The first-order valence-electron chi connectivity index (χ1n) is 9.78.